The summed E-state index contributed by atoms with van der Waals surface area (Å²) in [6, 6.07) is 0. The summed E-state index contributed by atoms with van der Waals surface area (Å²) < 4.78 is 0. The van der Waals surface area contributed by atoms with Gasteiger partial charge in [0.25, 0.3) is 17.8 Å². The second kappa shape index (κ2) is 7.77. The van der Waals surface area contributed by atoms with Gasteiger partial charge in [-0.25, -0.2) is 22.3 Å². The van der Waals surface area contributed by atoms with Crippen molar-refractivity contribution in [2.24, 2.45) is 10.9 Å². The van der Waals surface area contributed by atoms with Gasteiger partial charge in [-0.15, -0.1) is 5.10 Å². The molecule has 12 heteroatoms. The molecule has 0 fully saturated rings. The first kappa shape index (κ1) is 13.6. The maximum Gasteiger partial charge on any atom is 0.263 e. The molecule has 0 aromatic carbocycles. The SMILES string of the molecule is CONc1nc(NOC)nc(NOC=NNN)n1. The van der Waals surface area contributed by atoms with Gasteiger partial charge in [-0.1, -0.05) is 0 Å². The highest BCUT2D eigenvalue weighted by Gasteiger charge is 2.05. The number of hydrazone groups is 1. The fourth-order valence-electron chi connectivity index (χ4n) is 0.831. The van der Waals surface area contributed by atoms with Crippen LogP contribution in [0.4, 0.5) is 17.8 Å². The Balaban J connectivity index is 2.71. The van der Waals surface area contributed by atoms with E-state index >= 15 is 0 Å². The van der Waals surface area contributed by atoms with E-state index in [1.807, 2.05) is 5.53 Å². The first-order valence-electron chi connectivity index (χ1n) is 4.53. The van der Waals surface area contributed by atoms with Gasteiger partial charge in [-0.3, -0.25) is 9.68 Å². The van der Waals surface area contributed by atoms with Crippen LogP contribution in [0.15, 0.2) is 5.10 Å². The van der Waals surface area contributed by atoms with Gasteiger partial charge in [0.05, 0.1) is 14.2 Å². The topological polar surface area (TPSA) is 153 Å². The monoisotopic (exact) mass is 259 g/mol. The van der Waals surface area contributed by atoms with Crippen LogP contribution in [-0.2, 0) is 14.5 Å². The van der Waals surface area contributed by atoms with Gasteiger partial charge in [-0.05, 0) is 0 Å². The van der Waals surface area contributed by atoms with E-state index in [0.29, 0.717) is 0 Å². The van der Waals surface area contributed by atoms with Gasteiger partial charge < -0.3 is 4.84 Å². The lowest BCUT2D eigenvalue weighted by Crippen LogP contribution is -2.15. The van der Waals surface area contributed by atoms with E-state index in [0.717, 1.165) is 6.40 Å². The van der Waals surface area contributed by atoms with Gasteiger partial charge in [0, 0.05) is 0 Å². The maximum atomic E-state index is 4.89. The molecule has 0 bridgehead atoms. The Morgan fingerprint density at radius 1 is 1.00 bits per heavy atom. The molecule has 0 saturated heterocycles. The van der Waals surface area contributed by atoms with Crippen LogP contribution in [0.1, 0.15) is 0 Å². The molecule has 0 unspecified atom stereocenters. The molecule has 18 heavy (non-hydrogen) atoms. The number of anilines is 3. The van der Waals surface area contributed by atoms with Crippen LogP contribution in [0.3, 0.4) is 0 Å². The fourth-order valence-corrected chi connectivity index (χ4v) is 0.831. The summed E-state index contributed by atoms with van der Waals surface area (Å²) in [5.41, 5.74) is 9.24. The molecular weight excluding hydrogens is 246 g/mol. The van der Waals surface area contributed by atoms with Crippen molar-refractivity contribution in [3.05, 3.63) is 0 Å². The lowest BCUT2D eigenvalue weighted by molar-refractivity contribution is 0.261. The Kier molecular flexibility index (Phi) is 5.88. The smallest absolute Gasteiger partial charge is 0.263 e. The number of aromatic nitrogens is 3. The molecular formula is C6H13N9O3. The molecule has 0 aliphatic heterocycles. The van der Waals surface area contributed by atoms with Crippen molar-refractivity contribution in [1.29, 1.82) is 0 Å². The zero-order chi connectivity index (χ0) is 13.2. The molecule has 0 radical (unpaired) electrons. The molecule has 0 amide bonds. The van der Waals surface area contributed by atoms with Crippen molar-refractivity contribution in [2.75, 3.05) is 30.7 Å². The van der Waals surface area contributed by atoms with Crippen molar-refractivity contribution in [3.63, 3.8) is 0 Å². The van der Waals surface area contributed by atoms with Crippen LogP contribution in [0, 0.1) is 0 Å². The number of hydrogen-bond donors (Lipinski definition) is 5. The van der Waals surface area contributed by atoms with Crippen molar-refractivity contribution in [3.8, 4) is 0 Å². The third-order valence-corrected chi connectivity index (χ3v) is 1.35. The van der Waals surface area contributed by atoms with Gasteiger partial charge in [-0.2, -0.15) is 20.4 Å². The number of nitrogens with one attached hydrogen (secondary N) is 4. The molecule has 0 spiro atoms. The average molecular weight is 259 g/mol. The molecule has 0 saturated carbocycles. The summed E-state index contributed by atoms with van der Waals surface area (Å²) in [5.74, 6) is 5.27. The van der Waals surface area contributed by atoms with Gasteiger partial charge in [0.2, 0.25) is 6.40 Å². The summed E-state index contributed by atoms with van der Waals surface area (Å²) in [6.45, 7) is 0. The Bertz CT molecular complexity index is 362. The van der Waals surface area contributed by atoms with Crippen molar-refractivity contribution < 1.29 is 14.5 Å². The predicted molar refractivity (Wildman–Crippen MR) is 61.6 cm³/mol. The van der Waals surface area contributed by atoms with Crippen LogP contribution in [-0.4, -0.2) is 35.6 Å². The molecule has 6 N–H and O–H groups in total. The Hall–Kier alpha value is -2.44. The van der Waals surface area contributed by atoms with Crippen LogP contribution in [0.25, 0.3) is 0 Å². The Morgan fingerprint density at radius 3 is 1.94 bits per heavy atom. The van der Waals surface area contributed by atoms with Crippen molar-refractivity contribution in [1.82, 2.24) is 20.5 Å². The van der Waals surface area contributed by atoms with Gasteiger partial charge in [0.15, 0.2) is 0 Å². The summed E-state index contributed by atoms with van der Waals surface area (Å²) in [5, 5.41) is 3.37. The summed E-state index contributed by atoms with van der Waals surface area (Å²) in [7, 11) is 2.83. The zero-order valence-electron chi connectivity index (χ0n) is 9.67. The molecule has 1 heterocycles. The minimum atomic E-state index is 0.0903. The number of hydrogen-bond acceptors (Lipinski definition) is 12. The van der Waals surface area contributed by atoms with Gasteiger partial charge in [0.1, 0.15) is 0 Å². The van der Waals surface area contributed by atoms with E-state index in [1.165, 1.54) is 14.2 Å². The summed E-state index contributed by atoms with van der Waals surface area (Å²) >= 11 is 0. The van der Waals surface area contributed by atoms with Crippen LogP contribution in [0.2, 0.25) is 0 Å². The second-order valence-corrected chi connectivity index (χ2v) is 2.50. The predicted octanol–water partition coefficient (Wildman–Crippen LogP) is -1.43. The van der Waals surface area contributed by atoms with Crippen molar-refractivity contribution >= 4 is 24.2 Å². The van der Waals surface area contributed by atoms with Crippen LogP contribution >= 0.6 is 0 Å². The number of nitrogens with two attached hydrogens (primary N) is 1. The maximum absolute atomic E-state index is 4.89. The molecule has 0 aliphatic carbocycles. The Labute approximate surface area is 102 Å². The molecule has 0 aliphatic rings. The first-order chi connectivity index (χ1) is 8.80. The van der Waals surface area contributed by atoms with Crippen molar-refractivity contribution in [2.45, 2.75) is 0 Å². The first-order valence-corrected chi connectivity index (χ1v) is 4.53. The van der Waals surface area contributed by atoms with E-state index in [9.17, 15) is 0 Å². The van der Waals surface area contributed by atoms with E-state index in [2.05, 4.69) is 46.2 Å². The molecule has 1 aromatic rings. The number of nitrogens with zero attached hydrogens (tertiary/aromatic N) is 4. The van der Waals surface area contributed by atoms with Crippen LogP contribution < -0.4 is 27.8 Å². The highest BCUT2D eigenvalue weighted by atomic mass is 16.7. The summed E-state index contributed by atoms with van der Waals surface area (Å²) in [4.78, 5) is 25.8. The quantitative estimate of drug-likeness (QED) is 0.161. The lowest BCUT2D eigenvalue weighted by Gasteiger charge is -2.07. The molecule has 1 aromatic heterocycles. The summed E-state index contributed by atoms with van der Waals surface area (Å²) in [6.07, 6.45) is 1.01. The minimum Gasteiger partial charge on any atom is -0.365 e. The second-order valence-electron chi connectivity index (χ2n) is 2.50. The fraction of sp³-hybridized carbons (Fsp3) is 0.333. The Morgan fingerprint density at radius 2 is 1.50 bits per heavy atom. The van der Waals surface area contributed by atoms with E-state index in [1.54, 1.807) is 0 Å². The van der Waals surface area contributed by atoms with E-state index in [4.69, 9.17) is 10.7 Å². The number of hydrazine groups is 1. The van der Waals surface area contributed by atoms with Gasteiger partial charge >= 0.3 is 0 Å². The largest absolute Gasteiger partial charge is 0.365 e. The zero-order valence-corrected chi connectivity index (χ0v) is 9.67. The molecule has 0 atom stereocenters. The minimum absolute atomic E-state index is 0.0903. The third kappa shape index (κ3) is 4.60. The average Bonchev–Trinajstić information content (AvgIpc) is 2.35. The highest BCUT2D eigenvalue weighted by Crippen LogP contribution is 2.08. The van der Waals surface area contributed by atoms with Crippen LogP contribution in [0.5, 0.6) is 0 Å². The molecule has 100 valence electrons. The van der Waals surface area contributed by atoms with E-state index < -0.39 is 0 Å². The standard InChI is InChI=1S/C6H13N9O3/c1-16-12-4-9-5(13-17-2)11-6(10-4)14-18-3-8-15-7/h3,15H,7H2,1-2H3,(H3,9,10,11,12,13,14). The van der Waals surface area contributed by atoms with E-state index in [-0.39, 0.29) is 17.8 Å². The number of rotatable bonds is 8. The normalized spacial score (nSPS) is 10.2. The highest BCUT2D eigenvalue weighted by molar-refractivity contribution is 5.48. The lowest BCUT2D eigenvalue weighted by atomic mass is 10.8. The molecule has 12 nitrogen and oxygen atoms in total. The third-order valence-electron chi connectivity index (χ3n) is 1.35. The molecule has 1 rings (SSSR count).